The van der Waals surface area contributed by atoms with Gasteiger partial charge in [-0.1, -0.05) is 0 Å². The molecular weight excluding hydrogens is 214 g/mol. The van der Waals surface area contributed by atoms with Crippen LogP contribution in [0.5, 0.6) is 0 Å². The van der Waals surface area contributed by atoms with Crippen LogP contribution in [0.2, 0.25) is 0 Å². The van der Waals surface area contributed by atoms with Crippen molar-refractivity contribution in [1.29, 1.82) is 0 Å². The maximum Gasteiger partial charge on any atom is 0.317 e. The maximum atomic E-state index is 11.9. The Labute approximate surface area is 103 Å². The summed E-state index contributed by atoms with van der Waals surface area (Å²) in [6, 6.07) is 1.26. The molecule has 1 aliphatic carbocycles. The molecule has 1 saturated carbocycles. The van der Waals surface area contributed by atoms with Gasteiger partial charge in [-0.15, -0.1) is 0 Å². The summed E-state index contributed by atoms with van der Waals surface area (Å²) < 4.78 is 0. The zero-order chi connectivity index (χ0) is 12.0. The lowest BCUT2D eigenvalue weighted by atomic mass is 10.0. The van der Waals surface area contributed by atoms with Crippen molar-refractivity contribution in [1.82, 2.24) is 15.1 Å². The normalized spacial score (nSPS) is 33.2. The molecule has 2 unspecified atom stereocenters. The van der Waals surface area contributed by atoms with E-state index in [0.717, 1.165) is 31.0 Å². The van der Waals surface area contributed by atoms with E-state index in [1.165, 1.54) is 25.9 Å². The molecular formula is C13H23N3O. The first-order valence-corrected chi connectivity index (χ1v) is 6.93. The number of nitrogens with one attached hydrogen (secondary N) is 1. The number of hydrogen-bond donors (Lipinski definition) is 1. The quantitative estimate of drug-likeness (QED) is 0.781. The molecule has 0 aromatic heterocycles. The number of nitrogens with zero attached hydrogens (tertiary/aromatic N) is 2. The van der Waals surface area contributed by atoms with Crippen LogP contribution in [0.1, 0.15) is 26.7 Å². The van der Waals surface area contributed by atoms with Crippen molar-refractivity contribution in [3.05, 3.63) is 0 Å². The fourth-order valence-electron chi connectivity index (χ4n) is 3.27. The van der Waals surface area contributed by atoms with Crippen molar-refractivity contribution < 1.29 is 4.79 Å². The van der Waals surface area contributed by atoms with E-state index in [0.29, 0.717) is 0 Å². The van der Waals surface area contributed by atoms with Crippen LogP contribution in [0, 0.1) is 11.8 Å². The van der Waals surface area contributed by atoms with E-state index in [1.54, 1.807) is 0 Å². The Morgan fingerprint density at radius 2 is 1.71 bits per heavy atom. The van der Waals surface area contributed by atoms with Crippen molar-refractivity contribution in [3.63, 3.8) is 0 Å². The minimum absolute atomic E-state index is 0.132. The molecule has 2 amide bonds. The molecule has 3 fully saturated rings. The van der Waals surface area contributed by atoms with E-state index >= 15 is 0 Å². The zero-order valence-corrected chi connectivity index (χ0v) is 10.9. The Hall–Kier alpha value is -0.770. The smallest absolute Gasteiger partial charge is 0.317 e. The van der Waals surface area contributed by atoms with Crippen LogP contribution in [0.3, 0.4) is 0 Å². The molecule has 4 nitrogen and oxygen atoms in total. The summed E-state index contributed by atoms with van der Waals surface area (Å²) in [5.41, 5.74) is 0. The summed E-state index contributed by atoms with van der Waals surface area (Å²) in [7, 11) is 0. The predicted octanol–water partition coefficient (Wildman–Crippen LogP) is 1.13. The monoisotopic (exact) mass is 237 g/mol. The highest BCUT2D eigenvalue weighted by molar-refractivity contribution is 5.74. The molecule has 0 aromatic carbocycles. The molecule has 2 atom stereocenters. The number of rotatable bonds is 2. The second-order valence-corrected chi connectivity index (χ2v) is 6.21. The predicted molar refractivity (Wildman–Crippen MR) is 66.8 cm³/mol. The van der Waals surface area contributed by atoms with E-state index < -0.39 is 0 Å². The van der Waals surface area contributed by atoms with E-state index in [-0.39, 0.29) is 12.1 Å². The van der Waals surface area contributed by atoms with Crippen molar-refractivity contribution in [3.8, 4) is 0 Å². The van der Waals surface area contributed by atoms with Crippen LogP contribution in [0.25, 0.3) is 0 Å². The molecule has 0 aromatic rings. The summed E-state index contributed by atoms with van der Waals surface area (Å²) >= 11 is 0. The first kappa shape index (κ1) is 11.3. The minimum Gasteiger partial charge on any atom is -0.336 e. The van der Waals surface area contributed by atoms with Gasteiger partial charge in [-0.05, 0) is 38.5 Å². The number of carbonyl (C=O) groups is 1. The van der Waals surface area contributed by atoms with Gasteiger partial charge in [-0.3, -0.25) is 4.90 Å². The Morgan fingerprint density at radius 1 is 1.12 bits per heavy atom. The molecule has 17 heavy (non-hydrogen) atoms. The number of hydrogen-bond acceptors (Lipinski definition) is 2. The fraction of sp³-hybridized carbons (Fsp3) is 0.923. The second-order valence-electron chi connectivity index (χ2n) is 6.21. The van der Waals surface area contributed by atoms with Crippen LogP contribution < -0.4 is 5.32 Å². The highest BCUT2D eigenvalue weighted by Crippen LogP contribution is 2.37. The van der Waals surface area contributed by atoms with Gasteiger partial charge in [0.2, 0.25) is 0 Å². The lowest BCUT2D eigenvalue weighted by molar-refractivity contribution is 0.196. The molecule has 0 bridgehead atoms. The van der Waals surface area contributed by atoms with Gasteiger partial charge in [0, 0.05) is 38.3 Å². The molecule has 3 rings (SSSR count). The summed E-state index contributed by atoms with van der Waals surface area (Å²) in [6.07, 6.45) is 2.80. The number of carbonyl (C=O) groups excluding carboxylic acids is 1. The standard InChI is InChI=1S/C13H23N3O/c1-9(2)14-13(17)16-7-10-5-15(12-3-4-12)6-11(10)8-16/h9-12H,3-8H2,1-2H3,(H,14,17). The summed E-state index contributed by atoms with van der Waals surface area (Å²) in [5, 5.41) is 2.99. The van der Waals surface area contributed by atoms with Gasteiger partial charge < -0.3 is 10.2 Å². The highest BCUT2D eigenvalue weighted by Gasteiger charge is 2.45. The van der Waals surface area contributed by atoms with Crippen molar-refractivity contribution in [2.75, 3.05) is 26.2 Å². The molecule has 0 spiro atoms. The van der Waals surface area contributed by atoms with Crippen molar-refractivity contribution in [2.24, 2.45) is 11.8 Å². The molecule has 2 heterocycles. The Kier molecular flexibility index (Phi) is 2.77. The Bertz CT molecular complexity index is 300. The molecule has 2 saturated heterocycles. The molecule has 0 radical (unpaired) electrons. The van der Waals surface area contributed by atoms with Gasteiger partial charge >= 0.3 is 6.03 Å². The minimum atomic E-state index is 0.132. The van der Waals surface area contributed by atoms with Crippen molar-refractivity contribution in [2.45, 2.75) is 38.8 Å². The molecule has 1 N–H and O–H groups in total. The third-order valence-electron chi connectivity index (χ3n) is 4.28. The lowest BCUT2D eigenvalue weighted by Gasteiger charge is -2.22. The van der Waals surface area contributed by atoms with Gasteiger partial charge in [-0.25, -0.2) is 4.79 Å². The first-order valence-electron chi connectivity index (χ1n) is 6.93. The van der Waals surface area contributed by atoms with Crippen LogP contribution in [0.4, 0.5) is 4.79 Å². The van der Waals surface area contributed by atoms with E-state index in [1.807, 2.05) is 18.7 Å². The highest BCUT2D eigenvalue weighted by atomic mass is 16.2. The van der Waals surface area contributed by atoms with Gasteiger partial charge in [0.1, 0.15) is 0 Å². The van der Waals surface area contributed by atoms with Gasteiger partial charge in [-0.2, -0.15) is 0 Å². The number of fused-ring (bicyclic) bond motifs is 1. The van der Waals surface area contributed by atoms with Gasteiger partial charge in [0.15, 0.2) is 0 Å². The second kappa shape index (κ2) is 4.16. The number of urea groups is 1. The molecule has 96 valence electrons. The van der Waals surface area contributed by atoms with Crippen LogP contribution >= 0.6 is 0 Å². The van der Waals surface area contributed by atoms with Crippen LogP contribution in [0.15, 0.2) is 0 Å². The molecule has 4 heteroatoms. The number of amides is 2. The lowest BCUT2D eigenvalue weighted by Crippen LogP contribution is -2.43. The summed E-state index contributed by atoms with van der Waals surface area (Å²) in [6.45, 7) is 8.41. The summed E-state index contributed by atoms with van der Waals surface area (Å²) in [4.78, 5) is 16.6. The third kappa shape index (κ3) is 2.28. The number of likely N-dealkylation sites (tertiary alicyclic amines) is 2. The van der Waals surface area contributed by atoms with E-state index in [2.05, 4.69) is 10.2 Å². The average Bonchev–Trinajstić information content (AvgIpc) is 2.88. The zero-order valence-electron chi connectivity index (χ0n) is 10.9. The van der Waals surface area contributed by atoms with E-state index in [9.17, 15) is 4.79 Å². The topological polar surface area (TPSA) is 35.6 Å². The largest absolute Gasteiger partial charge is 0.336 e. The first-order chi connectivity index (χ1) is 8.13. The van der Waals surface area contributed by atoms with Gasteiger partial charge in [0.05, 0.1) is 0 Å². The molecule has 2 aliphatic heterocycles. The van der Waals surface area contributed by atoms with Crippen molar-refractivity contribution >= 4 is 6.03 Å². The van der Waals surface area contributed by atoms with Crippen LogP contribution in [-0.2, 0) is 0 Å². The Morgan fingerprint density at radius 3 is 2.18 bits per heavy atom. The third-order valence-corrected chi connectivity index (χ3v) is 4.28. The summed E-state index contributed by atoms with van der Waals surface area (Å²) in [5.74, 6) is 1.46. The Balaban J connectivity index is 1.52. The van der Waals surface area contributed by atoms with E-state index in [4.69, 9.17) is 0 Å². The SMILES string of the molecule is CC(C)NC(=O)N1CC2CN(C3CC3)CC2C1. The maximum absolute atomic E-state index is 11.9. The van der Waals surface area contributed by atoms with Crippen LogP contribution in [-0.4, -0.2) is 54.1 Å². The average molecular weight is 237 g/mol. The van der Waals surface area contributed by atoms with Gasteiger partial charge in [0.25, 0.3) is 0 Å². The molecule has 3 aliphatic rings. The fourth-order valence-corrected chi connectivity index (χ4v) is 3.27.